The molecular weight excluding hydrogens is 408 g/mol. The summed E-state index contributed by atoms with van der Waals surface area (Å²) in [5.41, 5.74) is 4.00. The largest absolute Gasteiger partial charge is 0.379 e. The number of carbonyl (C=O) groups excluding carboxylic acids is 1. The Morgan fingerprint density at radius 1 is 1.16 bits per heavy atom. The Bertz CT molecular complexity index is 1080. The molecule has 0 saturated carbocycles. The summed E-state index contributed by atoms with van der Waals surface area (Å²) in [5.74, 6) is 0.750. The number of fused-ring (bicyclic) bond motifs is 1. The van der Waals surface area contributed by atoms with E-state index in [1.165, 1.54) is 17.3 Å². The summed E-state index contributed by atoms with van der Waals surface area (Å²) >= 11 is 1.48. The molecule has 162 valence electrons. The van der Waals surface area contributed by atoms with E-state index >= 15 is 0 Å². The van der Waals surface area contributed by atoms with E-state index in [0.717, 1.165) is 59.3 Å². The van der Waals surface area contributed by atoms with Crippen LogP contribution < -0.4 is 5.32 Å². The second-order valence-electron chi connectivity index (χ2n) is 7.92. The molecule has 1 saturated heterocycles. The highest BCUT2D eigenvalue weighted by Crippen LogP contribution is 2.30. The van der Waals surface area contributed by atoms with Crippen LogP contribution >= 0.6 is 11.8 Å². The standard InChI is InChI=1S/C24H28N4O2S/c1-16-8-9-20(17(2)14-16)26-23(29)18(3)31-24-19-6-4-5-7-21(19)25-22(27-24)15-28-10-12-30-13-11-28/h4-9,14,18H,10-13,15H2,1-3H3,(H,26,29). The summed E-state index contributed by atoms with van der Waals surface area (Å²) in [5, 5.41) is 4.59. The fourth-order valence-corrected chi connectivity index (χ4v) is 4.58. The van der Waals surface area contributed by atoms with Gasteiger partial charge in [-0.25, -0.2) is 9.97 Å². The predicted molar refractivity (Wildman–Crippen MR) is 125 cm³/mol. The third-order valence-corrected chi connectivity index (χ3v) is 6.48. The number of aryl methyl sites for hydroxylation is 2. The number of para-hydroxylation sites is 1. The molecule has 4 rings (SSSR count). The number of rotatable bonds is 6. The number of nitrogens with one attached hydrogen (secondary N) is 1. The maximum absolute atomic E-state index is 12.9. The minimum absolute atomic E-state index is 0.0330. The number of nitrogens with zero attached hydrogens (tertiary/aromatic N) is 3. The van der Waals surface area contributed by atoms with Crippen molar-refractivity contribution >= 4 is 34.3 Å². The highest BCUT2D eigenvalue weighted by Gasteiger charge is 2.20. The fourth-order valence-electron chi connectivity index (χ4n) is 3.62. The number of anilines is 1. The van der Waals surface area contributed by atoms with Gasteiger partial charge >= 0.3 is 0 Å². The first kappa shape index (κ1) is 21.7. The Morgan fingerprint density at radius 2 is 1.94 bits per heavy atom. The van der Waals surface area contributed by atoms with E-state index in [0.29, 0.717) is 6.54 Å². The molecule has 1 aliphatic heterocycles. The molecule has 1 amide bonds. The molecule has 0 spiro atoms. The van der Waals surface area contributed by atoms with E-state index in [1.54, 1.807) is 0 Å². The lowest BCUT2D eigenvalue weighted by molar-refractivity contribution is -0.115. The molecule has 31 heavy (non-hydrogen) atoms. The van der Waals surface area contributed by atoms with E-state index in [4.69, 9.17) is 14.7 Å². The smallest absolute Gasteiger partial charge is 0.237 e. The lowest BCUT2D eigenvalue weighted by atomic mass is 10.1. The van der Waals surface area contributed by atoms with Crippen molar-refractivity contribution in [3.05, 3.63) is 59.4 Å². The first-order valence-electron chi connectivity index (χ1n) is 10.6. The molecule has 1 N–H and O–H groups in total. The van der Waals surface area contributed by atoms with Crippen LogP contribution in [0.4, 0.5) is 5.69 Å². The van der Waals surface area contributed by atoms with Crippen molar-refractivity contribution in [1.29, 1.82) is 0 Å². The minimum atomic E-state index is -0.296. The van der Waals surface area contributed by atoms with Crippen LogP contribution in [0.15, 0.2) is 47.5 Å². The molecule has 0 radical (unpaired) electrons. The number of amides is 1. The van der Waals surface area contributed by atoms with Gasteiger partial charge in [0.15, 0.2) is 0 Å². The van der Waals surface area contributed by atoms with Gasteiger partial charge < -0.3 is 10.1 Å². The van der Waals surface area contributed by atoms with Crippen molar-refractivity contribution in [3.63, 3.8) is 0 Å². The lowest BCUT2D eigenvalue weighted by Gasteiger charge is -2.26. The van der Waals surface area contributed by atoms with Crippen molar-refractivity contribution in [1.82, 2.24) is 14.9 Å². The summed E-state index contributed by atoms with van der Waals surface area (Å²) in [6.45, 7) is 9.91. The van der Waals surface area contributed by atoms with E-state index < -0.39 is 0 Å². The second-order valence-corrected chi connectivity index (χ2v) is 9.25. The molecule has 6 nitrogen and oxygen atoms in total. The first-order chi connectivity index (χ1) is 15.0. The Hall–Kier alpha value is -2.48. The zero-order chi connectivity index (χ0) is 21.8. The predicted octanol–water partition coefficient (Wildman–Crippen LogP) is 4.20. The number of hydrogen-bond acceptors (Lipinski definition) is 6. The molecule has 1 atom stereocenters. The summed E-state index contributed by atoms with van der Waals surface area (Å²) in [4.78, 5) is 24.8. The third kappa shape index (κ3) is 5.42. The Labute approximate surface area is 187 Å². The number of hydrogen-bond donors (Lipinski definition) is 1. The number of morpholine rings is 1. The average molecular weight is 437 g/mol. The van der Waals surface area contributed by atoms with Crippen LogP contribution in [-0.2, 0) is 16.1 Å². The topological polar surface area (TPSA) is 67.4 Å². The molecule has 2 aromatic carbocycles. The van der Waals surface area contributed by atoms with Crippen molar-refractivity contribution in [3.8, 4) is 0 Å². The maximum Gasteiger partial charge on any atom is 0.237 e. The van der Waals surface area contributed by atoms with Gasteiger partial charge in [0, 0.05) is 24.2 Å². The summed E-state index contributed by atoms with van der Waals surface area (Å²) < 4.78 is 5.44. The van der Waals surface area contributed by atoms with Gasteiger partial charge in [-0.2, -0.15) is 0 Å². The van der Waals surface area contributed by atoms with Crippen molar-refractivity contribution in [2.24, 2.45) is 0 Å². The van der Waals surface area contributed by atoms with E-state index in [1.807, 2.05) is 57.2 Å². The zero-order valence-corrected chi connectivity index (χ0v) is 19.0. The molecule has 2 heterocycles. The van der Waals surface area contributed by atoms with Crippen LogP contribution in [-0.4, -0.2) is 52.3 Å². The Morgan fingerprint density at radius 3 is 2.71 bits per heavy atom. The fraction of sp³-hybridized carbons (Fsp3) is 0.375. The van der Waals surface area contributed by atoms with Crippen LogP contribution in [0, 0.1) is 13.8 Å². The quantitative estimate of drug-likeness (QED) is 0.461. The maximum atomic E-state index is 12.9. The number of carbonyl (C=O) groups is 1. The monoisotopic (exact) mass is 436 g/mol. The molecule has 1 aliphatic rings. The van der Waals surface area contributed by atoms with Gasteiger partial charge in [-0.15, -0.1) is 0 Å². The normalized spacial score (nSPS) is 15.7. The number of aromatic nitrogens is 2. The van der Waals surface area contributed by atoms with Gasteiger partial charge in [-0.3, -0.25) is 9.69 Å². The molecule has 1 unspecified atom stereocenters. The Balaban J connectivity index is 1.53. The molecule has 1 fully saturated rings. The van der Waals surface area contributed by atoms with Crippen LogP contribution in [0.5, 0.6) is 0 Å². The van der Waals surface area contributed by atoms with Crippen LogP contribution in [0.3, 0.4) is 0 Å². The average Bonchev–Trinajstić information content (AvgIpc) is 2.76. The SMILES string of the molecule is Cc1ccc(NC(=O)C(C)Sc2nc(CN3CCOCC3)nc3ccccc23)c(C)c1. The van der Waals surface area contributed by atoms with Crippen LogP contribution in [0.1, 0.15) is 23.9 Å². The first-order valence-corrected chi connectivity index (χ1v) is 11.5. The van der Waals surface area contributed by atoms with E-state index in [2.05, 4.69) is 16.3 Å². The molecular formula is C24H28N4O2S. The molecule has 1 aromatic heterocycles. The molecule has 7 heteroatoms. The summed E-state index contributed by atoms with van der Waals surface area (Å²) in [6.07, 6.45) is 0. The van der Waals surface area contributed by atoms with Gasteiger partial charge in [-0.1, -0.05) is 47.7 Å². The van der Waals surface area contributed by atoms with Crippen molar-refractivity contribution in [2.75, 3.05) is 31.6 Å². The van der Waals surface area contributed by atoms with Gasteiger partial charge in [0.05, 0.1) is 30.5 Å². The number of benzene rings is 2. The van der Waals surface area contributed by atoms with Gasteiger partial charge in [0.25, 0.3) is 0 Å². The number of thioether (sulfide) groups is 1. The van der Waals surface area contributed by atoms with Crippen molar-refractivity contribution in [2.45, 2.75) is 37.6 Å². The summed E-state index contributed by atoms with van der Waals surface area (Å²) in [6, 6.07) is 14.0. The van der Waals surface area contributed by atoms with E-state index in [-0.39, 0.29) is 11.2 Å². The molecule has 3 aromatic rings. The highest BCUT2D eigenvalue weighted by molar-refractivity contribution is 8.00. The lowest BCUT2D eigenvalue weighted by Crippen LogP contribution is -2.36. The van der Waals surface area contributed by atoms with E-state index in [9.17, 15) is 4.79 Å². The molecule has 0 bridgehead atoms. The third-order valence-electron chi connectivity index (χ3n) is 5.38. The highest BCUT2D eigenvalue weighted by atomic mass is 32.2. The second kappa shape index (κ2) is 9.77. The number of ether oxygens (including phenoxy) is 1. The van der Waals surface area contributed by atoms with Crippen LogP contribution in [0.25, 0.3) is 10.9 Å². The molecule has 0 aliphatic carbocycles. The summed E-state index contributed by atoms with van der Waals surface area (Å²) in [7, 11) is 0. The van der Waals surface area contributed by atoms with Gasteiger partial charge in [0.2, 0.25) is 5.91 Å². The van der Waals surface area contributed by atoms with Crippen LogP contribution in [0.2, 0.25) is 0 Å². The minimum Gasteiger partial charge on any atom is -0.379 e. The van der Waals surface area contributed by atoms with Gasteiger partial charge in [0.1, 0.15) is 10.9 Å². The van der Waals surface area contributed by atoms with Crippen molar-refractivity contribution < 1.29 is 9.53 Å². The Kier molecular flexibility index (Phi) is 6.85. The van der Waals surface area contributed by atoms with Gasteiger partial charge in [-0.05, 0) is 38.5 Å². The zero-order valence-electron chi connectivity index (χ0n) is 18.2.